The van der Waals surface area contributed by atoms with Crippen molar-refractivity contribution >= 4 is 37.3 Å². The molecule has 3 aromatic carbocycles. The molecule has 0 saturated carbocycles. The molecule has 0 saturated heterocycles. The Morgan fingerprint density at radius 1 is 0.871 bits per heavy atom. The minimum absolute atomic E-state index is 0.00793. The van der Waals surface area contributed by atoms with Crippen LogP contribution in [0, 0.1) is 6.92 Å². The summed E-state index contributed by atoms with van der Waals surface area (Å²) < 4.78 is 32.7. The van der Waals surface area contributed by atoms with E-state index in [1.807, 2.05) is 6.92 Å². The van der Waals surface area contributed by atoms with Crippen molar-refractivity contribution in [2.24, 2.45) is 0 Å². The van der Waals surface area contributed by atoms with Crippen molar-refractivity contribution in [2.45, 2.75) is 23.5 Å². The monoisotopic (exact) mass is 500 g/mol. The SMILES string of the molecule is COc1ccc(C(=O)[C@H](CC(=O)c2ccc(Br)cc2)S(=O)(=O)c2ccc(C)cc2)cc1. The topological polar surface area (TPSA) is 77.5 Å². The van der Waals surface area contributed by atoms with Crippen molar-refractivity contribution in [3.63, 3.8) is 0 Å². The molecule has 0 heterocycles. The van der Waals surface area contributed by atoms with Gasteiger partial charge in [0.15, 0.2) is 21.4 Å². The molecular weight excluding hydrogens is 480 g/mol. The second kappa shape index (κ2) is 9.58. The lowest BCUT2D eigenvalue weighted by Gasteiger charge is -2.17. The van der Waals surface area contributed by atoms with E-state index >= 15 is 0 Å². The van der Waals surface area contributed by atoms with Crippen LogP contribution in [0.5, 0.6) is 5.75 Å². The molecule has 0 aromatic heterocycles. The average molecular weight is 501 g/mol. The molecule has 0 spiro atoms. The summed E-state index contributed by atoms with van der Waals surface area (Å²) in [6, 6.07) is 19.0. The van der Waals surface area contributed by atoms with Gasteiger partial charge in [-0.1, -0.05) is 45.8 Å². The van der Waals surface area contributed by atoms with Crippen molar-refractivity contribution in [1.82, 2.24) is 0 Å². The average Bonchev–Trinajstić information content (AvgIpc) is 2.77. The first-order valence-electron chi connectivity index (χ1n) is 9.50. The molecular formula is C24H21BrO5S. The fraction of sp³-hybridized carbons (Fsp3) is 0.167. The quantitative estimate of drug-likeness (QED) is 0.403. The molecule has 5 nitrogen and oxygen atoms in total. The van der Waals surface area contributed by atoms with Crippen LogP contribution in [0.1, 0.15) is 32.7 Å². The Bertz CT molecular complexity index is 1180. The molecule has 7 heteroatoms. The van der Waals surface area contributed by atoms with Crippen molar-refractivity contribution in [1.29, 1.82) is 0 Å². The van der Waals surface area contributed by atoms with Gasteiger partial charge in [0.1, 0.15) is 11.0 Å². The number of halogens is 1. The third-order valence-corrected chi connectivity index (χ3v) is 7.52. The van der Waals surface area contributed by atoms with Crippen LogP contribution in [0.25, 0.3) is 0 Å². The molecule has 3 rings (SSSR count). The second-order valence-electron chi connectivity index (χ2n) is 7.07. The number of carbonyl (C=O) groups is 2. The molecule has 3 aromatic rings. The van der Waals surface area contributed by atoms with Gasteiger partial charge in [0.2, 0.25) is 0 Å². The van der Waals surface area contributed by atoms with E-state index in [1.54, 1.807) is 48.5 Å². The zero-order valence-corrected chi connectivity index (χ0v) is 19.4. The minimum Gasteiger partial charge on any atom is -0.497 e. The highest BCUT2D eigenvalue weighted by Gasteiger charge is 2.36. The third kappa shape index (κ3) is 5.29. The number of benzene rings is 3. The molecule has 31 heavy (non-hydrogen) atoms. The maximum absolute atomic E-state index is 13.4. The van der Waals surface area contributed by atoms with Crippen molar-refractivity contribution < 1.29 is 22.7 Å². The third-order valence-electron chi connectivity index (χ3n) is 4.93. The van der Waals surface area contributed by atoms with Gasteiger partial charge in [-0.25, -0.2) is 8.42 Å². The number of Topliss-reactive ketones (excluding diaryl/α,β-unsaturated/α-hetero) is 2. The van der Waals surface area contributed by atoms with E-state index in [9.17, 15) is 18.0 Å². The largest absolute Gasteiger partial charge is 0.497 e. The van der Waals surface area contributed by atoms with E-state index in [2.05, 4.69) is 15.9 Å². The van der Waals surface area contributed by atoms with Crippen LogP contribution >= 0.6 is 15.9 Å². The maximum Gasteiger partial charge on any atom is 0.189 e. The van der Waals surface area contributed by atoms with Crippen LogP contribution in [0.2, 0.25) is 0 Å². The second-order valence-corrected chi connectivity index (χ2v) is 10.1. The van der Waals surface area contributed by atoms with Gasteiger partial charge in [-0.15, -0.1) is 0 Å². The van der Waals surface area contributed by atoms with Gasteiger partial charge in [0.05, 0.1) is 12.0 Å². The summed E-state index contributed by atoms with van der Waals surface area (Å²) in [7, 11) is -2.60. The molecule has 0 aliphatic heterocycles. The summed E-state index contributed by atoms with van der Waals surface area (Å²) in [5.41, 5.74) is 1.43. The number of methoxy groups -OCH3 is 1. The lowest BCUT2D eigenvalue weighted by Crippen LogP contribution is -2.33. The van der Waals surface area contributed by atoms with Crippen molar-refractivity contribution in [2.75, 3.05) is 7.11 Å². The Hall–Kier alpha value is -2.77. The van der Waals surface area contributed by atoms with Crippen LogP contribution in [0.4, 0.5) is 0 Å². The summed E-state index contributed by atoms with van der Waals surface area (Å²) in [5.74, 6) is -0.510. The first kappa shape index (κ1) is 22.9. The van der Waals surface area contributed by atoms with E-state index in [0.717, 1.165) is 10.0 Å². The minimum atomic E-state index is -4.10. The molecule has 0 amide bonds. The lowest BCUT2D eigenvalue weighted by atomic mass is 10.0. The van der Waals surface area contributed by atoms with Gasteiger partial charge in [-0.2, -0.15) is 0 Å². The first-order chi connectivity index (χ1) is 14.7. The van der Waals surface area contributed by atoms with Crippen LogP contribution in [-0.4, -0.2) is 32.3 Å². The van der Waals surface area contributed by atoms with E-state index in [4.69, 9.17) is 4.74 Å². The highest BCUT2D eigenvalue weighted by atomic mass is 79.9. The predicted octanol–water partition coefficient (Wildman–Crippen LogP) is 5.06. The fourth-order valence-electron chi connectivity index (χ4n) is 3.10. The smallest absolute Gasteiger partial charge is 0.189 e. The molecule has 160 valence electrons. The zero-order chi connectivity index (χ0) is 22.6. The number of hydrogen-bond acceptors (Lipinski definition) is 5. The number of ether oxygens (including phenoxy) is 1. The number of carbonyl (C=O) groups excluding carboxylic acids is 2. The van der Waals surface area contributed by atoms with Gasteiger partial charge in [0, 0.05) is 22.0 Å². The van der Waals surface area contributed by atoms with E-state index in [-0.39, 0.29) is 10.5 Å². The molecule has 0 bridgehead atoms. The Labute approximate surface area is 190 Å². The molecule has 1 atom stereocenters. The number of rotatable bonds is 8. The van der Waals surface area contributed by atoms with E-state index < -0.39 is 33.1 Å². The molecule has 0 N–H and O–H groups in total. The maximum atomic E-state index is 13.4. The van der Waals surface area contributed by atoms with E-state index in [0.29, 0.717) is 11.3 Å². The Morgan fingerprint density at radius 3 is 1.97 bits per heavy atom. The zero-order valence-electron chi connectivity index (χ0n) is 17.0. The summed E-state index contributed by atoms with van der Waals surface area (Å²) in [4.78, 5) is 26.2. The van der Waals surface area contributed by atoms with Crippen LogP contribution < -0.4 is 4.74 Å². The molecule has 0 aliphatic rings. The number of sulfone groups is 1. The van der Waals surface area contributed by atoms with Crippen LogP contribution in [-0.2, 0) is 9.84 Å². The number of aryl methyl sites for hydroxylation is 1. The molecule has 0 aliphatic carbocycles. The highest BCUT2D eigenvalue weighted by molar-refractivity contribution is 9.10. The number of hydrogen-bond donors (Lipinski definition) is 0. The van der Waals surface area contributed by atoms with Gasteiger partial charge in [0.25, 0.3) is 0 Å². The molecule has 0 fully saturated rings. The normalized spacial score (nSPS) is 12.2. The molecule has 0 radical (unpaired) electrons. The van der Waals surface area contributed by atoms with Crippen molar-refractivity contribution in [3.05, 3.63) is 94.0 Å². The first-order valence-corrected chi connectivity index (χ1v) is 11.8. The van der Waals surface area contributed by atoms with Gasteiger partial charge < -0.3 is 4.74 Å². The van der Waals surface area contributed by atoms with E-state index in [1.165, 1.54) is 31.4 Å². The summed E-state index contributed by atoms with van der Waals surface area (Å²) in [6.45, 7) is 1.84. The predicted molar refractivity (Wildman–Crippen MR) is 123 cm³/mol. The summed E-state index contributed by atoms with van der Waals surface area (Å²) in [6.07, 6.45) is -0.456. The standard InChI is InChI=1S/C24H21BrO5S/c1-16-3-13-21(14-4-16)31(28,29)23(15-22(26)17-5-9-19(25)10-6-17)24(27)18-7-11-20(30-2)12-8-18/h3-14,23H,15H2,1-2H3/t23-/m0/s1. The Kier molecular flexibility index (Phi) is 7.08. The van der Waals surface area contributed by atoms with Crippen LogP contribution in [0.15, 0.2) is 82.2 Å². The highest BCUT2D eigenvalue weighted by Crippen LogP contribution is 2.25. The fourth-order valence-corrected chi connectivity index (χ4v) is 5.00. The van der Waals surface area contributed by atoms with Gasteiger partial charge in [-0.3, -0.25) is 9.59 Å². The lowest BCUT2D eigenvalue weighted by molar-refractivity contribution is 0.0920. The van der Waals surface area contributed by atoms with Crippen molar-refractivity contribution in [3.8, 4) is 5.75 Å². The number of ketones is 2. The van der Waals surface area contributed by atoms with Crippen LogP contribution in [0.3, 0.4) is 0 Å². The van der Waals surface area contributed by atoms with Gasteiger partial charge >= 0.3 is 0 Å². The Balaban J connectivity index is 2.01. The summed E-state index contributed by atoms with van der Waals surface area (Å²) >= 11 is 3.31. The Morgan fingerprint density at radius 2 is 1.42 bits per heavy atom. The van der Waals surface area contributed by atoms with Gasteiger partial charge in [-0.05, 0) is 55.5 Å². The summed E-state index contributed by atoms with van der Waals surface area (Å²) in [5, 5.41) is -1.54. The molecule has 0 unspecified atom stereocenters.